The Hall–Kier alpha value is -0.845. The summed E-state index contributed by atoms with van der Waals surface area (Å²) >= 11 is 0. The molecule has 0 aliphatic carbocycles. The molecule has 1 fully saturated rings. The quantitative estimate of drug-likeness (QED) is 0.779. The summed E-state index contributed by atoms with van der Waals surface area (Å²) in [4.78, 5) is 0. The first-order chi connectivity index (χ1) is 8.77. The number of hydrogen-bond donors (Lipinski definition) is 0. The molecule has 6 heteroatoms. The molecule has 0 N–H and O–H groups in total. The van der Waals surface area contributed by atoms with Gasteiger partial charge >= 0.3 is 7.12 Å². The highest BCUT2D eigenvalue weighted by Crippen LogP contribution is 2.36. The SMILES string of the molecule is CCO[C@@H](C)n1cc(B2OC(C)(C)C(C)(C)O2)cn1. The van der Waals surface area contributed by atoms with Crippen LogP contribution >= 0.6 is 0 Å². The van der Waals surface area contributed by atoms with Crippen molar-refractivity contribution in [2.75, 3.05) is 6.61 Å². The summed E-state index contributed by atoms with van der Waals surface area (Å²) in [6.07, 6.45) is 3.61. The van der Waals surface area contributed by atoms with E-state index in [-0.39, 0.29) is 24.5 Å². The maximum atomic E-state index is 5.99. The molecule has 1 aliphatic rings. The molecule has 0 unspecified atom stereocenters. The summed E-state index contributed by atoms with van der Waals surface area (Å²) in [7, 11) is -0.368. The third-order valence-corrected chi connectivity index (χ3v) is 3.93. The number of rotatable bonds is 4. The molecule has 19 heavy (non-hydrogen) atoms. The van der Waals surface area contributed by atoms with Gasteiger partial charge in [0.05, 0.1) is 11.2 Å². The lowest BCUT2D eigenvalue weighted by atomic mass is 9.82. The van der Waals surface area contributed by atoms with E-state index in [1.807, 2.05) is 47.7 Å². The van der Waals surface area contributed by atoms with Crippen molar-refractivity contribution in [3.63, 3.8) is 0 Å². The standard InChI is InChI=1S/C13H23BN2O3/c1-7-17-10(2)16-9-11(8-15-16)14-18-12(3,4)13(5,6)19-14/h8-10H,7H2,1-6H3/t10-/m0/s1. The Labute approximate surface area is 115 Å². The van der Waals surface area contributed by atoms with Crippen LogP contribution in [0, 0.1) is 0 Å². The van der Waals surface area contributed by atoms with Crippen LogP contribution < -0.4 is 5.46 Å². The average molecular weight is 266 g/mol. The summed E-state index contributed by atoms with van der Waals surface area (Å²) < 4.78 is 19.3. The van der Waals surface area contributed by atoms with Crippen molar-refractivity contribution in [1.82, 2.24) is 9.78 Å². The van der Waals surface area contributed by atoms with E-state index in [4.69, 9.17) is 14.0 Å². The number of nitrogens with zero attached hydrogens (tertiary/aromatic N) is 2. The van der Waals surface area contributed by atoms with Crippen molar-refractivity contribution in [2.24, 2.45) is 0 Å². The van der Waals surface area contributed by atoms with Gasteiger partial charge in [-0.2, -0.15) is 5.10 Å². The zero-order valence-corrected chi connectivity index (χ0v) is 12.6. The Morgan fingerprint density at radius 2 is 1.89 bits per heavy atom. The van der Waals surface area contributed by atoms with Gasteiger partial charge in [0, 0.05) is 24.5 Å². The minimum Gasteiger partial charge on any atom is -0.399 e. The highest BCUT2D eigenvalue weighted by Gasteiger charge is 2.52. The van der Waals surface area contributed by atoms with Gasteiger partial charge in [-0.15, -0.1) is 0 Å². The average Bonchev–Trinajstić information content (AvgIpc) is 2.83. The van der Waals surface area contributed by atoms with E-state index in [0.717, 1.165) is 5.46 Å². The van der Waals surface area contributed by atoms with Crippen LogP contribution in [0.15, 0.2) is 12.4 Å². The van der Waals surface area contributed by atoms with Gasteiger partial charge in [-0.3, -0.25) is 0 Å². The fourth-order valence-corrected chi connectivity index (χ4v) is 1.97. The summed E-state index contributed by atoms with van der Waals surface area (Å²) in [5.74, 6) is 0. The molecule has 1 aromatic rings. The largest absolute Gasteiger partial charge is 0.498 e. The third kappa shape index (κ3) is 2.71. The van der Waals surface area contributed by atoms with Crippen LogP contribution in [0.2, 0.25) is 0 Å². The molecule has 2 heterocycles. The smallest absolute Gasteiger partial charge is 0.399 e. The Kier molecular flexibility index (Phi) is 3.77. The van der Waals surface area contributed by atoms with Gasteiger partial charge in [0.1, 0.15) is 6.23 Å². The fraction of sp³-hybridized carbons (Fsp3) is 0.769. The van der Waals surface area contributed by atoms with Crippen molar-refractivity contribution >= 4 is 12.6 Å². The molecular weight excluding hydrogens is 243 g/mol. The summed E-state index contributed by atoms with van der Waals surface area (Å²) in [5.41, 5.74) is 0.265. The number of hydrogen-bond acceptors (Lipinski definition) is 4. The predicted molar refractivity (Wildman–Crippen MR) is 74.3 cm³/mol. The summed E-state index contributed by atoms with van der Waals surface area (Å²) in [6.45, 7) is 12.8. The lowest BCUT2D eigenvalue weighted by Gasteiger charge is -2.32. The van der Waals surface area contributed by atoms with Gasteiger partial charge in [-0.1, -0.05) is 0 Å². The second-order valence-electron chi connectivity index (χ2n) is 5.90. The predicted octanol–water partition coefficient (Wildman–Crippen LogP) is 1.74. The van der Waals surface area contributed by atoms with Gasteiger partial charge < -0.3 is 14.0 Å². The molecule has 1 atom stereocenters. The minimum absolute atomic E-state index is 0.0822. The van der Waals surface area contributed by atoms with Crippen LogP contribution in [0.5, 0.6) is 0 Å². The van der Waals surface area contributed by atoms with Crippen molar-refractivity contribution < 1.29 is 14.0 Å². The summed E-state index contributed by atoms with van der Waals surface area (Å²) in [5, 5.41) is 4.31. The molecule has 0 spiro atoms. The van der Waals surface area contributed by atoms with Crippen molar-refractivity contribution in [3.8, 4) is 0 Å². The van der Waals surface area contributed by atoms with Crippen LogP contribution in [0.4, 0.5) is 0 Å². The molecule has 0 saturated carbocycles. The highest BCUT2D eigenvalue weighted by molar-refractivity contribution is 6.61. The molecule has 2 rings (SSSR count). The number of aromatic nitrogens is 2. The maximum absolute atomic E-state index is 5.99. The molecule has 106 valence electrons. The van der Waals surface area contributed by atoms with E-state index in [9.17, 15) is 0 Å². The molecule has 1 aliphatic heterocycles. The fourth-order valence-electron chi connectivity index (χ4n) is 1.97. The van der Waals surface area contributed by atoms with E-state index in [1.54, 1.807) is 10.9 Å². The first-order valence-corrected chi connectivity index (χ1v) is 6.78. The second-order valence-corrected chi connectivity index (χ2v) is 5.90. The van der Waals surface area contributed by atoms with Gasteiger partial charge in [0.15, 0.2) is 0 Å². The zero-order valence-electron chi connectivity index (χ0n) is 12.6. The number of ether oxygens (including phenoxy) is 1. The first kappa shape index (κ1) is 14.6. The van der Waals surface area contributed by atoms with Crippen LogP contribution in [0.3, 0.4) is 0 Å². The third-order valence-electron chi connectivity index (χ3n) is 3.93. The molecule has 0 aromatic carbocycles. The van der Waals surface area contributed by atoms with Crippen molar-refractivity contribution in [2.45, 2.75) is 59.0 Å². The molecule has 0 amide bonds. The lowest BCUT2D eigenvalue weighted by molar-refractivity contribution is 0.00578. The Bertz CT molecular complexity index is 429. The van der Waals surface area contributed by atoms with Crippen molar-refractivity contribution in [1.29, 1.82) is 0 Å². The zero-order chi connectivity index (χ0) is 14.3. The van der Waals surface area contributed by atoms with E-state index in [2.05, 4.69) is 5.10 Å². The Morgan fingerprint density at radius 3 is 2.42 bits per heavy atom. The van der Waals surface area contributed by atoms with Gasteiger partial charge in [-0.25, -0.2) is 4.68 Å². The molecule has 5 nitrogen and oxygen atoms in total. The van der Waals surface area contributed by atoms with E-state index in [1.165, 1.54) is 0 Å². The van der Waals surface area contributed by atoms with E-state index < -0.39 is 0 Å². The monoisotopic (exact) mass is 266 g/mol. The Balaban J connectivity index is 2.13. The Morgan fingerprint density at radius 1 is 1.32 bits per heavy atom. The van der Waals surface area contributed by atoms with Crippen LogP contribution in [-0.4, -0.2) is 34.7 Å². The van der Waals surface area contributed by atoms with E-state index in [0.29, 0.717) is 6.61 Å². The molecule has 0 radical (unpaired) electrons. The molecular formula is C13H23BN2O3. The van der Waals surface area contributed by atoms with E-state index >= 15 is 0 Å². The summed E-state index contributed by atoms with van der Waals surface area (Å²) in [6, 6.07) is 0. The van der Waals surface area contributed by atoms with Gasteiger partial charge in [0.25, 0.3) is 0 Å². The van der Waals surface area contributed by atoms with Gasteiger partial charge in [-0.05, 0) is 41.5 Å². The normalized spacial score (nSPS) is 22.7. The molecule has 1 aromatic heterocycles. The van der Waals surface area contributed by atoms with Gasteiger partial charge in [0.2, 0.25) is 0 Å². The topological polar surface area (TPSA) is 45.5 Å². The molecule has 1 saturated heterocycles. The van der Waals surface area contributed by atoms with Crippen LogP contribution in [-0.2, 0) is 14.0 Å². The van der Waals surface area contributed by atoms with Crippen molar-refractivity contribution in [3.05, 3.63) is 12.4 Å². The van der Waals surface area contributed by atoms with Crippen LogP contribution in [0.25, 0.3) is 0 Å². The molecule has 0 bridgehead atoms. The maximum Gasteiger partial charge on any atom is 0.498 e. The van der Waals surface area contributed by atoms with Crippen LogP contribution in [0.1, 0.15) is 47.8 Å². The second kappa shape index (κ2) is 4.92. The minimum atomic E-state index is -0.368. The highest BCUT2D eigenvalue weighted by atomic mass is 16.7. The lowest BCUT2D eigenvalue weighted by Crippen LogP contribution is -2.41. The first-order valence-electron chi connectivity index (χ1n) is 6.78.